The quantitative estimate of drug-likeness (QED) is 0.183. The fraction of sp³-hybridized carbons (Fsp3) is 0.0179. The number of amidine groups is 1. The summed E-state index contributed by atoms with van der Waals surface area (Å²) in [5.74, 6) is 0.817. The number of furan rings is 1. The second-order valence-corrected chi connectivity index (χ2v) is 15.6. The average Bonchev–Trinajstić information content (AvgIpc) is 3.87. The average molecular weight is 768 g/mol. The number of nitrogens with zero attached hydrogens (tertiary/aromatic N) is 2. The lowest BCUT2D eigenvalue weighted by Crippen LogP contribution is -2.39. The number of allylic oxidation sites excluding steroid dienone is 2. The Labute approximate surface area is 347 Å². The lowest BCUT2D eigenvalue weighted by atomic mass is 9.93. The van der Waals surface area contributed by atoms with Crippen LogP contribution in [0.3, 0.4) is 0 Å². The van der Waals surface area contributed by atoms with E-state index in [0.717, 1.165) is 66.9 Å². The molecule has 0 spiro atoms. The Hall–Kier alpha value is -7.95. The summed E-state index contributed by atoms with van der Waals surface area (Å²) in [6.07, 6.45) is 8.56. The number of para-hydroxylation sites is 1. The van der Waals surface area contributed by atoms with Gasteiger partial charge >= 0.3 is 0 Å². The maximum absolute atomic E-state index is 7.00. The molecule has 1 unspecified atom stereocenters. The van der Waals surface area contributed by atoms with Crippen molar-refractivity contribution in [3.05, 3.63) is 229 Å². The third kappa shape index (κ3) is 5.65. The van der Waals surface area contributed by atoms with E-state index in [1.54, 1.807) is 0 Å². The first-order valence-corrected chi connectivity index (χ1v) is 20.5. The summed E-state index contributed by atoms with van der Waals surface area (Å²) in [4.78, 5) is 5.32. The molecule has 1 atom stereocenters. The topological polar surface area (TPSA) is 42.5 Å². The Morgan fingerprint density at radius 3 is 1.65 bits per heavy atom. The van der Waals surface area contributed by atoms with E-state index in [9.17, 15) is 0 Å². The fourth-order valence-electron chi connectivity index (χ4n) is 9.09. The van der Waals surface area contributed by atoms with Crippen LogP contribution in [0.2, 0.25) is 0 Å². The number of rotatable bonds is 6. The second kappa shape index (κ2) is 13.9. The smallest absolute Gasteiger partial charge is 0.159 e. The van der Waals surface area contributed by atoms with Crippen LogP contribution in [0.1, 0.15) is 11.1 Å². The van der Waals surface area contributed by atoms with Crippen LogP contribution < -0.4 is 5.32 Å². The predicted molar refractivity (Wildman–Crippen MR) is 249 cm³/mol. The van der Waals surface area contributed by atoms with Crippen LogP contribution in [0, 0.1) is 0 Å². The van der Waals surface area contributed by atoms with Gasteiger partial charge in [-0.3, -0.25) is 0 Å². The van der Waals surface area contributed by atoms with Gasteiger partial charge in [-0.05, 0) is 63.7 Å². The number of aromatic nitrogens is 1. The Morgan fingerprint density at radius 1 is 0.450 bits per heavy atom. The van der Waals surface area contributed by atoms with Crippen molar-refractivity contribution in [3.8, 4) is 39.1 Å². The van der Waals surface area contributed by atoms with Crippen molar-refractivity contribution >= 4 is 55.3 Å². The molecule has 0 saturated carbocycles. The van der Waals surface area contributed by atoms with Crippen LogP contribution in [0.25, 0.3) is 88.5 Å². The van der Waals surface area contributed by atoms with Crippen LogP contribution in [0.4, 0.5) is 0 Å². The lowest BCUT2D eigenvalue weighted by molar-refractivity contribution is 0.666. The standard InChI is InChI=1S/C56H37N3O/c1-4-13-36(14-5-1)39-23-25-40(26-24-39)54-48-19-10-11-21-49(48)57-56(58-54)43-29-32-46-47-20-12-22-50(55(47)60-53(46)35-43)59-51-33-41(37-15-6-2-7-16-37)27-30-44(51)45-31-28-42(34-52(45)59)38-17-8-3-9-18-38/h1-35,49H,(H,57,58). The summed E-state index contributed by atoms with van der Waals surface area (Å²) in [7, 11) is 0. The minimum Gasteiger partial charge on any atom is -0.454 e. The molecule has 3 heterocycles. The third-order valence-electron chi connectivity index (χ3n) is 12.1. The van der Waals surface area contributed by atoms with Crippen molar-refractivity contribution in [2.24, 2.45) is 4.99 Å². The van der Waals surface area contributed by atoms with Crippen molar-refractivity contribution in [1.82, 2.24) is 9.88 Å². The van der Waals surface area contributed by atoms with Gasteiger partial charge in [-0.25, -0.2) is 4.99 Å². The number of aliphatic imine (C=N–C) groups is 1. The molecule has 60 heavy (non-hydrogen) atoms. The zero-order valence-corrected chi connectivity index (χ0v) is 32.6. The van der Waals surface area contributed by atoms with E-state index < -0.39 is 0 Å². The van der Waals surface area contributed by atoms with Crippen LogP contribution in [-0.2, 0) is 0 Å². The highest BCUT2D eigenvalue weighted by Crippen LogP contribution is 2.41. The second-order valence-electron chi connectivity index (χ2n) is 15.6. The van der Waals surface area contributed by atoms with E-state index in [4.69, 9.17) is 9.41 Å². The molecule has 10 aromatic rings. The summed E-state index contributed by atoms with van der Waals surface area (Å²) >= 11 is 0. The van der Waals surface area contributed by atoms with Crippen LogP contribution in [-0.4, -0.2) is 16.4 Å². The highest BCUT2D eigenvalue weighted by Gasteiger charge is 2.25. The summed E-state index contributed by atoms with van der Waals surface area (Å²) in [5, 5.41) is 8.26. The number of hydrogen-bond donors (Lipinski definition) is 1. The van der Waals surface area contributed by atoms with Crippen molar-refractivity contribution in [2.75, 3.05) is 0 Å². The predicted octanol–water partition coefficient (Wildman–Crippen LogP) is 13.9. The van der Waals surface area contributed by atoms with E-state index in [1.807, 2.05) is 0 Å². The van der Waals surface area contributed by atoms with Crippen molar-refractivity contribution in [3.63, 3.8) is 0 Å². The maximum atomic E-state index is 7.00. The molecule has 1 aliphatic heterocycles. The van der Waals surface area contributed by atoms with Crippen molar-refractivity contribution in [1.29, 1.82) is 0 Å². The minimum atomic E-state index is 0.00105. The van der Waals surface area contributed by atoms with Gasteiger partial charge in [0.15, 0.2) is 5.58 Å². The normalized spacial score (nSPS) is 14.9. The molecule has 4 nitrogen and oxygen atoms in total. The molecule has 1 N–H and O–H groups in total. The number of fused-ring (bicyclic) bond motifs is 7. The van der Waals surface area contributed by atoms with Gasteiger partial charge in [0, 0.05) is 38.2 Å². The zero-order chi connectivity index (χ0) is 39.6. The van der Waals surface area contributed by atoms with Crippen LogP contribution >= 0.6 is 0 Å². The number of nitrogens with one attached hydrogen (secondary N) is 1. The van der Waals surface area contributed by atoms with Gasteiger partial charge in [-0.15, -0.1) is 0 Å². The Balaban J connectivity index is 1.01. The Kier molecular flexibility index (Phi) is 7.88. The molecule has 0 amide bonds. The van der Waals surface area contributed by atoms with E-state index in [1.165, 1.54) is 44.2 Å². The molecule has 4 heteroatoms. The maximum Gasteiger partial charge on any atom is 0.159 e. The summed E-state index contributed by atoms with van der Waals surface area (Å²) in [6, 6.07) is 67.1. The first kappa shape index (κ1) is 34.1. The molecule has 0 bridgehead atoms. The molecular weight excluding hydrogens is 731 g/mol. The third-order valence-corrected chi connectivity index (χ3v) is 12.1. The molecule has 1 aliphatic carbocycles. The van der Waals surface area contributed by atoms with E-state index >= 15 is 0 Å². The van der Waals surface area contributed by atoms with E-state index in [-0.39, 0.29) is 6.04 Å². The summed E-state index contributed by atoms with van der Waals surface area (Å²) in [6.45, 7) is 0. The fourth-order valence-corrected chi connectivity index (χ4v) is 9.09. The highest BCUT2D eigenvalue weighted by atomic mass is 16.3. The zero-order valence-electron chi connectivity index (χ0n) is 32.6. The monoisotopic (exact) mass is 767 g/mol. The van der Waals surface area contributed by atoms with Gasteiger partial charge in [0.25, 0.3) is 0 Å². The molecular formula is C56H37N3O. The highest BCUT2D eigenvalue weighted by molar-refractivity contribution is 6.15. The molecule has 0 fully saturated rings. The van der Waals surface area contributed by atoms with Crippen LogP contribution in [0.15, 0.2) is 227 Å². The van der Waals surface area contributed by atoms with Gasteiger partial charge in [0.1, 0.15) is 11.4 Å². The summed E-state index contributed by atoms with van der Waals surface area (Å²) in [5.41, 5.74) is 16.2. The largest absolute Gasteiger partial charge is 0.454 e. The number of hydrogen-bond acceptors (Lipinski definition) is 3. The number of benzene rings is 8. The molecule has 282 valence electrons. The van der Waals surface area contributed by atoms with Crippen molar-refractivity contribution in [2.45, 2.75) is 6.04 Å². The lowest BCUT2D eigenvalue weighted by Gasteiger charge is -2.28. The molecule has 12 rings (SSSR count). The first-order chi connectivity index (χ1) is 29.7. The Bertz CT molecular complexity index is 3320. The SMILES string of the molecule is C1=CC2=C(c3ccc(-c4ccccc4)cc3)N=C(c3ccc4c(c3)oc3c(-n5c6cc(-c7ccccc7)ccc6c6ccc(-c7ccccc7)cc65)cccc34)NC2C=C1. The van der Waals surface area contributed by atoms with Gasteiger partial charge in [-0.1, -0.05) is 182 Å². The molecule has 8 aromatic carbocycles. The van der Waals surface area contributed by atoms with Gasteiger partial charge < -0.3 is 14.3 Å². The van der Waals surface area contributed by atoms with E-state index in [2.05, 4.69) is 222 Å². The first-order valence-electron chi connectivity index (χ1n) is 20.5. The Morgan fingerprint density at radius 2 is 1.00 bits per heavy atom. The van der Waals surface area contributed by atoms with Crippen molar-refractivity contribution < 1.29 is 4.42 Å². The summed E-state index contributed by atoms with van der Waals surface area (Å²) < 4.78 is 9.39. The van der Waals surface area contributed by atoms with E-state index in [0.29, 0.717) is 0 Å². The van der Waals surface area contributed by atoms with Gasteiger partial charge in [0.2, 0.25) is 0 Å². The van der Waals surface area contributed by atoms with Crippen LogP contribution in [0.5, 0.6) is 0 Å². The molecule has 2 aliphatic rings. The molecule has 0 radical (unpaired) electrons. The van der Waals surface area contributed by atoms with Gasteiger partial charge in [-0.2, -0.15) is 0 Å². The minimum absolute atomic E-state index is 0.00105. The molecule has 0 saturated heterocycles. The molecule has 2 aromatic heterocycles. The van der Waals surface area contributed by atoms with Gasteiger partial charge in [0.05, 0.1) is 28.5 Å².